The second-order valence-corrected chi connectivity index (χ2v) is 9.38. The van der Waals surface area contributed by atoms with Crippen LogP contribution >= 0.6 is 0 Å². The van der Waals surface area contributed by atoms with E-state index in [1.807, 2.05) is 5.32 Å². The van der Waals surface area contributed by atoms with Crippen LogP contribution in [0.2, 0.25) is 0 Å². The van der Waals surface area contributed by atoms with Crippen molar-refractivity contribution in [3.63, 3.8) is 0 Å². The van der Waals surface area contributed by atoms with Crippen LogP contribution in [-0.4, -0.2) is 51.2 Å². The largest absolute Gasteiger partial charge is 0.503 e. The van der Waals surface area contributed by atoms with Gasteiger partial charge < -0.3 is 24.6 Å². The Morgan fingerprint density at radius 1 is 1.17 bits per heavy atom. The highest BCUT2D eigenvalue weighted by molar-refractivity contribution is 5.99. The number of hydrogen-bond donors (Lipinski definition) is 2. The second kappa shape index (κ2) is 7.54. The Hall–Kier alpha value is -3.41. The lowest BCUT2D eigenvalue weighted by molar-refractivity contribution is -0.144. The first kappa shape index (κ1) is 22.1. The van der Waals surface area contributed by atoms with E-state index in [2.05, 4.69) is 0 Å². The van der Waals surface area contributed by atoms with Crippen molar-refractivity contribution in [2.75, 3.05) is 0 Å². The van der Waals surface area contributed by atoms with E-state index in [1.165, 1.54) is 4.57 Å². The maximum atomic E-state index is 14.1. The Morgan fingerprint density at radius 2 is 1.94 bits per heavy atom. The van der Waals surface area contributed by atoms with Gasteiger partial charge in [0, 0.05) is 23.9 Å². The number of aromatic nitrogens is 1. The zero-order valence-electron chi connectivity index (χ0n) is 18.0. The number of rotatable bonds is 4. The van der Waals surface area contributed by atoms with E-state index >= 15 is 0 Å². The molecule has 2 unspecified atom stereocenters. The van der Waals surface area contributed by atoms with E-state index in [-0.39, 0.29) is 24.4 Å². The minimum Gasteiger partial charge on any atom is -0.503 e. The molecule has 4 aliphatic rings. The van der Waals surface area contributed by atoms with Gasteiger partial charge in [0.2, 0.25) is 5.43 Å². The summed E-state index contributed by atoms with van der Waals surface area (Å²) in [4.78, 5) is 40.4. The molecule has 35 heavy (non-hydrogen) atoms. The Kier molecular flexibility index (Phi) is 4.76. The topological polar surface area (TPSA) is 101 Å². The number of halogens is 4. The van der Waals surface area contributed by atoms with Crippen LogP contribution in [-0.2, 0) is 11.3 Å². The highest BCUT2D eigenvalue weighted by atomic mass is 19.3. The molecule has 2 N–H and O–H groups in total. The SMILES string of the molecule is O=C(N[C@@H](c1ccc(F)cc1F)C(F)F)c1cn2c(c(O)c1=O)C(=O)N1C3CC(O[C@H]1C2)[C@@H]1C[C@H]31. The Morgan fingerprint density at radius 3 is 2.66 bits per heavy atom. The number of fused-ring (bicyclic) bond motifs is 8. The summed E-state index contributed by atoms with van der Waals surface area (Å²) in [5.74, 6) is -4.46. The van der Waals surface area contributed by atoms with Crippen LogP contribution in [0.15, 0.2) is 29.2 Å². The van der Waals surface area contributed by atoms with E-state index < -0.39 is 64.4 Å². The molecular weight excluding hydrogens is 474 g/mol. The summed E-state index contributed by atoms with van der Waals surface area (Å²) >= 11 is 0. The minimum absolute atomic E-state index is 0.0220. The lowest BCUT2D eigenvalue weighted by Crippen LogP contribution is -2.58. The van der Waals surface area contributed by atoms with Gasteiger partial charge in [0.05, 0.1) is 12.6 Å². The number of nitrogens with zero attached hydrogens (tertiary/aromatic N) is 2. The molecule has 12 heteroatoms. The molecule has 184 valence electrons. The Bertz CT molecular complexity index is 1330. The minimum atomic E-state index is -3.29. The zero-order chi connectivity index (χ0) is 24.8. The normalized spacial score (nSPS) is 28.9. The summed E-state index contributed by atoms with van der Waals surface area (Å²) in [7, 11) is 0. The number of hydrogen-bond acceptors (Lipinski definition) is 5. The highest BCUT2D eigenvalue weighted by Gasteiger charge is 2.63. The summed E-state index contributed by atoms with van der Waals surface area (Å²) in [6.45, 7) is 0.0342. The average Bonchev–Trinajstić information content (AvgIpc) is 3.55. The van der Waals surface area contributed by atoms with Crippen molar-refractivity contribution in [2.24, 2.45) is 11.8 Å². The van der Waals surface area contributed by atoms with Crippen LogP contribution in [0.4, 0.5) is 17.6 Å². The third-order valence-corrected chi connectivity index (χ3v) is 7.46. The van der Waals surface area contributed by atoms with Gasteiger partial charge in [-0.05, 0) is 30.7 Å². The predicted molar refractivity (Wildman–Crippen MR) is 110 cm³/mol. The molecule has 3 heterocycles. The second-order valence-electron chi connectivity index (χ2n) is 9.38. The van der Waals surface area contributed by atoms with E-state index in [1.54, 1.807) is 4.90 Å². The first-order chi connectivity index (χ1) is 16.7. The number of aromatic hydroxyl groups is 1. The highest BCUT2D eigenvalue weighted by Crippen LogP contribution is 2.58. The van der Waals surface area contributed by atoms with E-state index in [4.69, 9.17) is 4.74 Å². The zero-order valence-corrected chi connectivity index (χ0v) is 18.0. The van der Waals surface area contributed by atoms with Crippen molar-refractivity contribution in [3.05, 3.63) is 63.1 Å². The fourth-order valence-electron chi connectivity index (χ4n) is 5.78. The number of ether oxygens (including phenoxy) is 1. The van der Waals surface area contributed by atoms with Gasteiger partial charge in [-0.3, -0.25) is 14.4 Å². The first-order valence-corrected chi connectivity index (χ1v) is 11.1. The van der Waals surface area contributed by atoms with Crippen LogP contribution in [0.25, 0.3) is 0 Å². The van der Waals surface area contributed by atoms with Gasteiger partial charge in [-0.15, -0.1) is 0 Å². The van der Waals surface area contributed by atoms with Crippen LogP contribution in [0.5, 0.6) is 5.75 Å². The molecule has 2 aliphatic carbocycles. The van der Waals surface area contributed by atoms with Crippen LogP contribution in [0.1, 0.15) is 45.3 Å². The van der Waals surface area contributed by atoms with Crippen molar-refractivity contribution < 1.29 is 37.0 Å². The molecule has 0 radical (unpaired) electrons. The van der Waals surface area contributed by atoms with Gasteiger partial charge in [-0.25, -0.2) is 17.6 Å². The van der Waals surface area contributed by atoms with E-state index in [0.717, 1.165) is 24.8 Å². The first-order valence-electron chi connectivity index (χ1n) is 11.1. The fraction of sp³-hybridized carbons (Fsp3) is 0.435. The summed E-state index contributed by atoms with van der Waals surface area (Å²) in [5.41, 5.74) is -2.90. The summed E-state index contributed by atoms with van der Waals surface area (Å²) in [6.07, 6.45) is -1.26. The molecule has 6 rings (SSSR count). The van der Waals surface area contributed by atoms with Crippen LogP contribution in [0.3, 0.4) is 0 Å². The van der Waals surface area contributed by atoms with Gasteiger partial charge in [0.1, 0.15) is 23.2 Å². The predicted octanol–water partition coefficient (Wildman–Crippen LogP) is 2.16. The molecule has 2 amide bonds. The number of pyridine rings is 1. The molecule has 6 atom stereocenters. The molecule has 2 aromatic rings. The maximum Gasteiger partial charge on any atom is 0.276 e. The van der Waals surface area contributed by atoms with Crippen molar-refractivity contribution in [2.45, 2.75) is 50.2 Å². The van der Waals surface area contributed by atoms with Crippen molar-refractivity contribution in [1.29, 1.82) is 0 Å². The molecular formula is C23H19F4N3O5. The molecule has 0 spiro atoms. The third kappa shape index (κ3) is 3.26. The fourth-order valence-corrected chi connectivity index (χ4v) is 5.78. The molecule has 1 aromatic carbocycles. The molecule has 2 aliphatic heterocycles. The summed E-state index contributed by atoms with van der Waals surface area (Å²) in [6, 6.07) is -0.301. The number of nitrogens with one attached hydrogen (secondary N) is 1. The van der Waals surface area contributed by atoms with Gasteiger partial charge in [0.25, 0.3) is 18.2 Å². The summed E-state index contributed by atoms with van der Waals surface area (Å²) < 4.78 is 61.9. The van der Waals surface area contributed by atoms with E-state index in [9.17, 15) is 37.1 Å². The molecule has 3 fully saturated rings. The van der Waals surface area contributed by atoms with Crippen molar-refractivity contribution in [1.82, 2.24) is 14.8 Å². The number of benzene rings is 1. The Labute approximate surface area is 195 Å². The van der Waals surface area contributed by atoms with Crippen molar-refractivity contribution >= 4 is 11.8 Å². The van der Waals surface area contributed by atoms with Crippen LogP contribution < -0.4 is 10.7 Å². The van der Waals surface area contributed by atoms with Crippen molar-refractivity contribution in [3.8, 4) is 5.75 Å². The van der Waals surface area contributed by atoms with E-state index in [0.29, 0.717) is 24.3 Å². The van der Waals surface area contributed by atoms with Gasteiger partial charge >= 0.3 is 0 Å². The number of amides is 2. The maximum absolute atomic E-state index is 14.1. The molecule has 1 aromatic heterocycles. The number of alkyl halides is 2. The van der Waals surface area contributed by atoms with Gasteiger partial charge in [-0.2, -0.15) is 0 Å². The standard InChI is InChI=1S/C23H19F4N3O5/c24-8-1-2-9(13(25)3-8)17(21(26)27)28-22(33)12-6-29-7-16-30(23(34)18(29)20(32)19(12)31)14-5-15(35-16)11-4-10(11)14/h1-3,6,10-11,14-17,21,32H,4-5,7H2,(H,28,33)/t10-,11+,14?,15?,16-,17-/m0/s1. The quantitative estimate of drug-likeness (QED) is 0.636. The number of carbonyl (C=O) groups is 2. The lowest BCUT2D eigenvalue weighted by Gasteiger charge is -2.45. The molecule has 8 nitrogen and oxygen atoms in total. The molecule has 2 saturated carbocycles. The smallest absolute Gasteiger partial charge is 0.276 e. The average molecular weight is 493 g/mol. The van der Waals surface area contributed by atoms with Crippen LogP contribution in [0, 0.1) is 23.5 Å². The monoisotopic (exact) mass is 493 g/mol. The molecule has 1 saturated heterocycles. The van der Waals surface area contributed by atoms with Gasteiger partial charge in [-0.1, -0.05) is 6.07 Å². The van der Waals surface area contributed by atoms with Gasteiger partial charge in [0.15, 0.2) is 17.7 Å². The molecule has 2 bridgehead atoms. The Balaban J connectivity index is 1.33. The lowest BCUT2D eigenvalue weighted by atomic mass is 10.0. The summed E-state index contributed by atoms with van der Waals surface area (Å²) in [5, 5.41) is 12.4. The number of carbonyl (C=O) groups excluding carboxylic acids is 2. The third-order valence-electron chi connectivity index (χ3n) is 7.46.